The molecule has 0 amide bonds. The Balaban J connectivity index is 1.73. The van der Waals surface area contributed by atoms with E-state index in [0.29, 0.717) is 30.9 Å². The predicted molar refractivity (Wildman–Crippen MR) is 110 cm³/mol. The number of hydrogen-bond donors (Lipinski definition) is 1. The number of halogens is 1. The molecule has 1 atom stereocenters. The highest BCUT2D eigenvalue weighted by atomic mass is 19.1. The van der Waals surface area contributed by atoms with Crippen LogP contribution in [-0.2, 0) is 27.4 Å². The summed E-state index contributed by atoms with van der Waals surface area (Å²) in [6.45, 7) is 5.54. The lowest BCUT2D eigenvalue weighted by molar-refractivity contribution is -0.132. The van der Waals surface area contributed by atoms with Gasteiger partial charge in [-0.15, -0.1) is 0 Å². The van der Waals surface area contributed by atoms with Gasteiger partial charge in [-0.05, 0) is 55.0 Å². The lowest BCUT2D eigenvalue weighted by atomic mass is 9.95. The molecule has 2 heterocycles. The summed E-state index contributed by atoms with van der Waals surface area (Å²) in [5, 5.41) is 9.96. The molecule has 0 spiro atoms. The second kappa shape index (κ2) is 8.88. The normalized spacial score (nSPS) is 23.0. The molecular weight excluding hydrogens is 387 g/mol. The standard InChI is InChI=1S/C23H29FN2O4/c1-15-11-20(25-7-9-30-10-8-25)26(22(17-4-5-17)21(15)23(27)28)13-16-3-6-19(24)18(12-16)14-29-2/h3,6,11-12,17,20H,4-5,7-10,13-14H2,1-2H3,(H,27,28). The fourth-order valence-electron chi connectivity index (χ4n) is 4.47. The Morgan fingerprint density at radius 3 is 2.67 bits per heavy atom. The number of carboxylic acid groups (broad SMARTS) is 1. The van der Waals surface area contributed by atoms with Crippen LogP contribution in [0.15, 0.2) is 41.1 Å². The molecule has 1 aliphatic carbocycles. The Labute approximate surface area is 176 Å². The largest absolute Gasteiger partial charge is 0.478 e. The first-order valence-corrected chi connectivity index (χ1v) is 10.5. The van der Waals surface area contributed by atoms with E-state index in [9.17, 15) is 14.3 Å². The summed E-state index contributed by atoms with van der Waals surface area (Å²) < 4.78 is 24.8. The van der Waals surface area contributed by atoms with Gasteiger partial charge in [0, 0.05) is 38.0 Å². The van der Waals surface area contributed by atoms with Crippen molar-refractivity contribution >= 4 is 5.97 Å². The van der Waals surface area contributed by atoms with Crippen LogP contribution in [0.1, 0.15) is 30.9 Å². The summed E-state index contributed by atoms with van der Waals surface area (Å²) in [6, 6.07) is 5.07. The number of morpholine rings is 1. The topological polar surface area (TPSA) is 62.2 Å². The van der Waals surface area contributed by atoms with Gasteiger partial charge in [0.1, 0.15) is 12.0 Å². The summed E-state index contributed by atoms with van der Waals surface area (Å²) in [5.41, 5.74) is 3.60. The molecule has 4 rings (SSSR count). The van der Waals surface area contributed by atoms with Crippen LogP contribution in [0, 0.1) is 11.7 Å². The molecule has 1 saturated carbocycles. The molecule has 1 aromatic rings. The number of carbonyl (C=O) groups is 1. The Bertz CT molecular complexity index is 872. The molecule has 1 unspecified atom stereocenters. The molecule has 1 saturated heterocycles. The number of hydrogen-bond acceptors (Lipinski definition) is 5. The van der Waals surface area contributed by atoms with Crippen molar-refractivity contribution in [1.29, 1.82) is 0 Å². The number of nitrogens with zero attached hydrogens (tertiary/aromatic N) is 2. The van der Waals surface area contributed by atoms with E-state index in [-0.39, 0.29) is 24.5 Å². The van der Waals surface area contributed by atoms with Crippen LogP contribution in [0.2, 0.25) is 0 Å². The van der Waals surface area contributed by atoms with Crippen LogP contribution in [0.5, 0.6) is 0 Å². The van der Waals surface area contributed by atoms with E-state index >= 15 is 0 Å². The van der Waals surface area contributed by atoms with Gasteiger partial charge in [-0.2, -0.15) is 0 Å². The van der Waals surface area contributed by atoms with Gasteiger partial charge in [0.2, 0.25) is 0 Å². The molecule has 0 radical (unpaired) electrons. The lowest BCUT2D eigenvalue weighted by Crippen LogP contribution is -2.53. The zero-order valence-corrected chi connectivity index (χ0v) is 17.6. The second-order valence-electron chi connectivity index (χ2n) is 8.24. The molecule has 1 N–H and O–H groups in total. The maximum absolute atomic E-state index is 14.1. The smallest absolute Gasteiger partial charge is 0.337 e. The predicted octanol–water partition coefficient (Wildman–Crippen LogP) is 3.14. The van der Waals surface area contributed by atoms with Crippen molar-refractivity contribution in [2.75, 3.05) is 33.4 Å². The number of methoxy groups -OCH3 is 1. The molecule has 2 aliphatic heterocycles. The molecule has 3 aliphatic rings. The third-order valence-electron chi connectivity index (χ3n) is 6.04. The molecule has 162 valence electrons. The third-order valence-corrected chi connectivity index (χ3v) is 6.04. The molecule has 7 heteroatoms. The highest BCUT2D eigenvalue weighted by Gasteiger charge is 2.41. The van der Waals surface area contributed by atoms with Gasteiger partial charge in [-0.25, -0.2) is 9.18 Å². The van der Waals surface area contributed by atoms with E-state index in [4.69, 9.17) is 9.47 Å². The van der Waals surface area contributed by atoms with E-state index in [1.165, 1.54) is 6.07 Å². The van der Waals surface area contributed by atoms with Crippen molar-refractivity contribution in [3.05, 3.63) is 58.1 Å². The van der Waals surface area contributed by atoms with Crippen LogP contribution >= 0.6 is 0 Å². The minimum atomic E-state index is -0.879. The first-order valence-electron chi connectivity index (χ1n) is 10.5. The van der Waals surface area contributed by atoms with Crippen LogP contribution < -0.4 is 0 Å². The summed E-state index contributed by atoms with van der Waals surface area (Å²) in [4.78, 5) is 16.7. The number of rotatable bonds is 7. The summed E-state index contributed by atoms with van der Waals surface area (Å²) >= 11 is 0. The van der Waals surface area contributed by atoms with Gasteiger partial charge < -0.3 is 19.5 Å². The minimum Gasteiger partial charge on any atom is -0.478 e. The fourth-order valence-corrected chi connectivity index (χ4v) is 4.47. The Hall–Kier alpha value is -2.22. The van der Waals surface area contributed by atoms with Gasteiger partial charge >= 0.3 is 5.97 Å². The molecular formula is C23H29FN2O4. The van der Waals surface area contributed by atoms with Crippen molar-refractivity contribution in [2.45, 2.75) is 39.1 Å². The SMILES string of the molecule is COCc1cc(CN2C(C3CC3)=C(C(=O)O)C(C)=CC2N2CCOCC2)ccc1F. The maximum atomic E-state index is 14.1. The Morgan fingerprint density at radius 2 is 2.03 bits per heavy atom. The van der Waals surface area contributed by atoms with Crippen LogP contribution in [-0.4, -0.2) is 60.5 Å². The van der Waals surface area contributed by atoms with Gasteiger partial charge in [-0.1, -0.05) is 6.07 Å². The minimum absolute atomic E-state index is 0.0384. The summed E-state index contributed by atoms with van der Waals surface area (Å²) in [7, 11) is 1.55. The van der Waals surface area contributed by atoms with Crippen molar-refractivity contribution in [1.82, 2.24) is 9.80 Å². The number of aliphatic carboxylic acids is 1. The first-order chi connectivity index (χ1) is 14.5. The van der Waals surface area contributed by atoms with E-state index in [1.54, 1.807) is 13.2 Å². The van der Waals surface area contributed by atoms with Crippen LogP contribution in [0.25, 0.3) is 0 Å². The number of allylic oxidation sites excluding steroid dienone is 1. The molecule has 0 bridgehead atoms. The van der Waals surface area contributed by atoms with Crippen LogP contribution in [0.3, 0.4) is 0 Å². The van der Waals surface area contributed by atoms with E-state index in [2.05, 4.69) is 15.9 Å². The average Bonchev–Trinajstić information content (AvgIpc) is 3.57. The highest BCUT2D eigenvalue weighted by Crippen LogP contribution is 2.45. The number of ether oxygens (including phenoxy) is 2. The second-order valence-corrected chi connectivity index (χ2v) is 8.24. The third kappa shape index (κ3) is 4.29. The van der Waals surface area contributed by atoms with Crippen molar-refractivity contribution < 1.29 is 23.8 Å². The lowest BCUT2D eigenvalue weighted by Gasteiger charge is -2.45. The monoisotopic (exact) mass is 416 g/mol. The molecule has 1 aromatic carbocycles. The van der Waals surface area contributed by atoms with Gasteiger partial charge in [0.25, 0.3) is 0 Å². The molecule has 0 aromatic heterocycles. The van der Waals surface area contributed by atoms with Crippen LogP contribution in [0.4, 0.5) is 4.39 Å². The number of carboxylic acids is 1. The van der Waals surface area contributed by atoms with Crippen molar-refractivity contribution in [3.63, 3.8) is 0 Å². The van der Waals surface area contributed by atoms with Crippen molar-refractivity contribution in [3.8, 4) is 0 Å². The average molecular weight is 416 g/mol. The zero-order valence-electron chi connectivity index (χ0n) is 17.6. The maximum Gasteiger partial charge on any atom is 0.337 e. The first kappa shape index (κ1) is 21.0. The van der Waals surface area contributed by atoms with Gasteiger partial charge in [-0.3, -0.25) is 4.90 Å². The van der Waals surface area contributed by atoms with E-state index in [0.717, 1.165) is 42.8 Å². The van der Waals surface area contributed by atoms with E-state index < -0.39 is 5.97 Å². The Morgan fingerprint density at radius 1 is 1.30 bits per heavy atom. The zero-order chi connectivity index (χ0) is 21.3. The summed E-state index contributed by atoms with van der Waals surface area (Å²) in [5.74, 6) is -0.902. The Kier molecular flexibility index (Phi) is 6.22. The summed E-state index contributed by atoms with van der Waals surface area (Å²) in [6.07, 6.45) is 4.03. The van der Waals surface area contributed by atoms with Gasteiger partial charge in [0.15, 0.2) is 0 Å². The molecule has 30 heavy (non-hydrogen) atoms. The molecule has 2 fully saturated rings. The number of benzene rings is 1. The van der Waals surface area contributed by atoms with E-state index in [1.807, 2.05) is 13.0 Å². The fraction of sp³-hybridized carbons (Fsp3) is 0.522. The van der Waals surface area contributed by atoms with Crippen molar-refractivity contribution in [2.24, 2.45) is 5.92 Å². The quantitative estimate of drug-likeness (QED) is 0.737. The highest BCUT2D eigenvalue weighted by molar-refractivity contribution is 5.93. The van der Waals surface area contributed by atoms with Gasteiger partial charge in [0.05, 0.1) is 25.4 Å². The molecule has 6 nitrogen and oxygen atoms in total.